The van der Waals surface area contributed by atoms with Crippen LogP contribution in [-0.2, 0) is 11.2 Å². The van der Waals surface area contributed by atoms with Crippen LogP contribution in [0.25, 0.3) is 0 Å². The van der Waals surface area contributed by atoms with Gasteiger partial charge in [0.25, 0.3) is 0 Å². The zero-order chi connectivity index (χ0) is 15.3. The summed E-state index contributed by atoms with van der Waals surface area (Å²) >= 11 is 0. The summed E-state index contributed by atoms with van der Waals surface area (Å²) in [5, 5.41) is 12.4. The molecule has 0 radical (unpaired) electrons. The molecule has 1 aromatic heterocycles. The van der Waals surface area contributed by atoms with Crippen molar-refractivity contribution in [2.24, 2.45) is 11.3 Å². The Labute approximate surface area is 120 Å². The number of hydrogen-bond acceptors (Lipinski definition) is 4. The largest absolute Gasteiger partial charge is 0.481 e. The van der Waals surface area contributed by atoms with E-state index in [2.05, 4.69) is 15.3 Å². The van der Waals surface area contributed by atoms with Gasteiger partial charge >= 0.3 is 5.97 Å². The van der Waals surface area contributed by atoms with E-state index < -0.39 is 11.9 Å². The Bertz CT molecular complexity index is 467. The molecule has 0 saturated carbocycles. The quantitative estimate of drug-likeness (QED) is 0.837. The lowest BCUT2D eigenvalue weighted by molar-refractivity contribution is -0.142. The normalized spacial score (nSPS) is 13.1. The summed E-state index contributed by atoms with van der Waals surface area (Å²) in [4.78, 5) is 19.9. The van der Waals surface area contributed by atoms with E-state index in [-0.39, 0.29) is 5.41 Å². The fourth-order valence-electron chi connectivity index (χ4n) is 2.11. The molecule has 1 aromatic rings. The average molecular weight is 279 g/mol. The van der Waals surface area contributed by atoms with Crippen LogP contribution in [0.1, 0.15) is 45.6 Å². The number of anilines is 1. The highest BCUT2D eigenvalue weighted by molar-refractivity contribution is 5.70. The van der Waals surface area contributed by atoms with Crippen LogP contribution < -0.4 is 5.32 Å². The van der Waals surface area contributed by atoms with Crippen molar-refractivity contribution in [3.8, 4) is 0 Å². The molecule has 20 heavy (non-hydrogen) atoms. The molecule has 2 N–H and O–H groups in total. The second kappa shape index (κ2) is 6.68. The minimum atomic E-state index is -0.770. The fraction of sp³-hybridized carbons (Fsp3) is 0.667. The van der Waals surface area contributed by atoms with E-state index in [1.807, 2.05) is 40.7 Å². The van der Waals surface area contributed by atoms with Gasteiger partial charge in [-0.05, 0) is 25.2 Å². The topological polar surface area (TPSA) is 75.1 Å². The Hall–Kier alpha value is -1.65. The molecule has 0 fully saturated rings. The summed E-state index contributed by atoms with van der Waals surface area (Å²) in [6, 6.07) is 1.88. The summed E-state index contributed by atoms with van der Waals surface area (Å²) in [6.07, 6.45) is 1.46. The number of nitrogens with one attached hydrogen (secondary N) is 1. The number of aryl methyl sites for hydroxylation is 2. The zero-order valence-corrected chi connectivity index (χ0v) is 13.0. The van der Waals surface area contributed by atoms with Gasteiger partial charge in [0.15, 0.2) is 0 Å². The van der Waals surface area contributed by atoms with E-state index in [0.29, 0.717) is 24.6 Å². The maximum Gasteiger partial charge on any atom is 0.308 e. The minimum Gasteiger partial charge on any atom is -0.481 e. The van der Waals surface area contributed by atoms with Crippen molar-refractivity contribution in [2.45, 2.75) is 47.5 Å². The first-order valence-electron chi connectivity index (χ1n) is 7.02. The zero-order valence-electron chi connectivity index (χ0n) is 13.0. The third-order valence-corrected chi connectivity index (χ3v) is 2.99. The van der Waals surface area contributed by atoms with Gasteiger partial charge in [-0.3, -0.25) is 4.79 Å². The lowest BCUT2D eigenvalue weighted by atomic mass is 9.84. The van der Waals surface area contributed by atoms with Crippen molar-refractivity contribution in [1.29, 1.82) is 0 Å². The Morgan fingerprint density at radius 2 is 2.05 bits per heavy atom. The molecule has 0 aromatic carbocycles. The predicted octanol–water partition coefficient (Wildman–Crippen LogP) is 2.90. The van der Waals surface area contributed by atoms with E-state index >= 15 is 0 Å². The molecule has 0 aliphatic carbocycles. The summed E-state index contributed by atoms with van der Waals surface area (Å²) < 4.78 is 0. The Balaban J connectivity index is 2.72. The van der Waals surface area contributed by atoms with Gasteiger partial charge in [-0.2, -0.15) is 0 Å². The lowest BCUT2D eigenvalue weighted by Crippen LogP contribution is -2.27. The SMILES string of the molecule is CCc1cc(NCC(CC(C)(C)C)C(=O)O)nc(C)n1. The fourth-order valence-corrected chi connectivity index (χ4v) is 2.11. The van der Waals surface area contributed by atoms with Gasteiger partial charge in [0, 0.05) is 18.3 Å². The first-order chi connectivity index (χ1) is 9.21. The standard InChI is InChI=1S/C15H25N3O2/c1-6-12-7-13(18-10(2)17-12)16-9-11(14(19)20)8-15(3,4)5/h7,11H,6,8-9H2,1-5H3,(H,19,20)(H,16,17,18). The van der Waals surface area contributed by atoms with Crippen molar-refractivity contribution >= 4 is 11.8 Å². The molecule has 112 valence electrons. The van der Waals surface area contributed by atoms with Crippen molar-refractivity contribution < 1.29 is 9.90 Å². The van der Waals surface area contributed by atoms with Crippen LogP contribution in [0.3, 0.4) is 0 Å². The van der Waals surface area contributed by atoms with Crippen molar-refractivity contribution in [2.75, 3.05) is 11.9 Å². The first kappa shape index (κ1) is 16.4. The van der Waals surface area contributed by atoms with E-state index in [1.54, 1.807) is 0 Å². The molecule has 0 aliphatic rings. The number of carboxylic acid groups (broad SMARTS) is 1. The van der Waals surface area contributed by atoms with E-state index in [1.165, 1.54) is 0 Å². The van der Waals surface area contributed by atoms with E-state index in [9.17, 15) is 9.90 Å². The highest BCUT2D eigenvalue weighted by atomic mass is 16.4. The molecular formula is C15H25N3O2. The molecular weight excluding hydrogens is 254 g/mol. The van der Waals surface area contributed by atoms with Gasteiger partial charge < -0.3 is 10.4 Å². The van der Waals surface area contributed by atoms with Crippen LogP contribution in [0.2, 0.25) is 0 Å². The number of carbonyl (C=O) groups is 1. The molecule has 1 rings (SSSR count). The second-order valence-corrected chi connectivity index (χ2v) is 6.33. The van der Waals surface area contributed by atoms with Gasteiger partial charge in [-0.25, -0.2) is 9.97 Å². The Morgan fingerprint density at radius 1 is 1.40 bits per heavy atom. The lowest BCUT2D eigenvalue weighted by Gasteiger charge is -2.23. The van der Waals surface area contributed by atoms with Gasteiger partial charge in [0.1, 0.15) is 11.6 Å². The smallest absolute Gasteiger partial charge is 0.308 e. The first-order valence-corrected chi connectivity index (χ1v) is 7.02. The Morgan fingerprint density at radius 3 is 2.55 bits per heavy atom. The van der Waals surface area contributed by atoms with E-state index in [0.717, 1.165) is 12.1 Å². The van der Waals surface area contributed by atoms with Crippen LogP contribution in [0, 0.1) is 18.3 Å². The molecule has 0 amide bonds. The third-order valence-electron chi connectivity index (χ3n) is 2.99. The van der Waals surface area contributed by atoms with Crippen molar-refractivity contribution in [1.82, 2.24) is 9.97 Å². The number of nitrogens with zero attached hydrogens (tertiary/aromatic N) is 2. The highest BCUT2D eigenvalue weighted by Crippen LogP contribution is 2.25. The second-order valence-electron chi connectivity index (χ2n) is 6.33. The monoisotopic (exact) mass is 279 g/mol. The summed E-state index contributed by atoms with van der Waals surface area (Å²) in [5.41, 5.74) is 0.948. The molecule has 5 heteroatoms. The number of aromatic nitrogens is 2. The number of carboxylic acids is 1. The van der Waals surface area contributed by atoms with Crippen LogP contribution in [0.4, 0.5) is 5.82 Å². The molecule has 0 bridgehead atoms. The number of hydrogen-bond donors (Lipinski definition) is 2. The van der Waals surface area contributed by atoms with Crippen molar-refractivity contribution in [3.05, 3.63) is 17.6 Å². The molecule has 1 unspecified atom stereocenters. The van der Waals surface area contributed by atoms with Crippen molar-refractivity contribution in [3.63, 3.8) is 0 Å². The van der Waals surface area contributed by atoms with Crippen LogP contribution in [0.15, 0.2) is 6.07 Å². The van der Waals surface area contributed by atoms with Gasteiger partial charge in [-0.1, -0.05) is 27.7 Å². The molecule has 1 atom stereocenters. The summed E-state index contributed by atoms with van der Waals surface area (Å²) in [7, 11) is 0. The highest BCUT2D eigenvalue weighted by Gasteiger charge is 2.24. The summed E-state index contributed by atoms with van der Waals surface area (Å²) in [5.74, 6) is 0.216. The number of aliphatic carboxylic acids is 1. The van der Waals surface area contributed by atoms with E-state index in [4.69, 9.17) is 0 Å². The van der Waals surface area contributed by atoms with Gasteiger partial charge in [0.05, 0.1) is 5.92 Å². The number of rotatable bonds is 6. The molecule has 5 nitrogen and oxygen atoms in total. The van der Waals surface area contributed by atoms with Crippen LogP contribution in [-0.4, -0.2) is 27.6 Å². The summed E-state index contributed by atoms with van der Waals surface area (Å²) in [6.45, 7) is 10.4. The van der Waals surface area contributed by atoms with Crippen LogP contribution >= 0.6 is 0 Å². The maximum atomic E-state index is 11.3. The molecule has 0 aliphatic heterocycles. The third kappa shape index (κ3) is 5.55. The van der Waals surface area contributed by atoms with Gasteiger partial charge in [-0.15, -0.1) is 0 Å². The van der Waals surface area contributed by atoms with Gasteiger partial charge in [0.2, 0.25) is 0 Å². The van der Waals surface area contributed by atoms with Crippen LogP contribution in [0.5, 0.6) is 0 Å². The average Bonchev–Trinajstić information content (AvgIpc) is 2.32. The maximum absolute atomic E-state index is 11.3. The predicted molar refractivity (Wildman–Crippen MR) is 79.8 cm³/mol. The Kier molecular flexibility index (Phi) is 5.48. The molecule has 0 saturated heterocycles. The molecule has 1 heterocycles. The molecule has 0 spiro atoms. The minimum absolute atomic E-state index is 0.0130.